The van der Waals surface area contributed by atoms with Crippen LogP contribution < -0.4 is 5.32 Å². The molecular formula is C15H33NO. The molecule has 2 unspecified atom stereocenters. The van der Waals surface area contributed by atoms with E-state index >= 15 is 0 Å². The third-order valence-corrected chi connectivity index (χ3v) is 3.21. The van der Waals surface area contributed by atoms with Gasteiger partial charge in [0.25, 0.3) is 0 Å². The molecule has 0 aromatic carbocycles. The smallest absolute Gasteiger partial charge is 0.0725 e. The number of hydrogen-bond acceptors (Lipinski definition) is 2. The number of nitrogens with one attached hydrogen (secondary N) is 1. The number of rotatable bonds is 11. The Bertz CT molecular complexity index is 159. The molecule has 17 heavy (non-hydrogen) atoms. The van der Waals surface area contributed by atoms with Gasteiger partial charge in [-0.15, -0.1) is 0 Å². The minimum atomic E-state index is 0.358. The maximum absolute atomic E-state index is 6.13. The molecule has 0 aliphatic heterocycles. The Balaban J connectivity index is 3.74. The highest BCUT2D eigenvalue weighted by Gasteiger charge is 2.16. The second-order valence-electron chi connectivity index (χ2n) is 5.39. The summed E-state index contributed by atoms with van der Waals surface area (Å²) in [4.78, 5) is 0. The Hall–Kier alpha value is -0.0800. The van der Waals surface area contributed by atoms with Crippen LogP contribution in [-0.2, 0) is 4.74 Å². The average molecular weight is 243 g/mol. The number of unbranched alkanes of at least 4 members (excludes halogenated alkanes) is 3. The molecule has 2 atom stereocenters. The fourth-order valence-corrected chi connectivity index (χ4v) is 1.95. The minimum absolute atomic E-state index is 0.358. The van der Waals surface area contributed by atoms with E-state index in [1.807, 2.05) is 0 Å². The van der Waals surface area contributed by atoms with Gasteiger partial charge < -0.3 is 10.1 Å². The normalized spacial score (nSPS) is 15.2. The van der Waals surface area contributed by atoms with Crippen LogP contribution in [0.25, 0.3) is 0 Å². The molecule has 0 fully saturated rings. The van der Waals surface area contributed by atoms with Gasteiger partial charge in [-0.05, 0) is 25.8 Å². The van der Waals surface area contributed by atoms with Crippen LogP contribution in [0.5, 0.6) is 0 Å². The maximum Gasteiger partial charge on any atom is 0.0725 e. The first-order valence-electron chi connectivity index (χ1n) is 7.47. The SMILES string of the molecule is CCCCCCC(C)OC(CNCC)C(C)C. The summed E-state index contributed by atoms with van der Waals surface area (Å²) in [6.45, 7) is 13.1. The summed E-state index contributed by atoms with van der Waals surface area (Å²) in [6, 6.07) is 0. The topological polar surface area (TPSA) is 21.3 Å². The molecular weight excluding hydrogens is 210 g/mol. The van der Waals surface area contributed by atoms with E-state index in [1.54, 1.807) is 0 Å². The lowest BCUT2D eigenvalue weighted by molar-refractivity contribution is -0.0297. The van der Waals surface area contributed by atoms with Crippen LogP contribution in [0.2, 0.25) is 0 Å². The van der Waals surface area contributed by atoms with E-state index < -0.39 is 0 Å². The molecule has 0 amide bonds. The third kappa shape index (κ3) is 9.61. The molecule has 0 spiro atoms. The van der Waals surface area contributed by atoms with E-state index in [0.29, 0.717) is 18.1 Å². The second kappa shape index (κ2) is 11.0. The van der Waals surface area contributed by atoms with E-state index in [1.165, 1.54) is 32.1 Å². The van der Waals surface area contributed by atoms with Crippen LogP contribution in [-0.4, -0.2) is 25.3 Å². The van der Waals surface area contributed by atoms with Crippen LogP contribution in [0.3, 0.4) is 0 Å². The first-order valence-corrected chi connectivity index (χ1v) is 7.47. The first-order chi connectivity index (χ1) is 8.11. The molecule has 0 radical (unpaired) electrons. The molecule has 0 saturated carbocycles. The summed E-state index contributed by atoms with van der Waals surface area (Å²) in [7, 11) is 0. The van der Waals surface area contributed by atoms with E-state index in [2.05, 4.69) is 39.9 Å². The molecule has 0 saturated heterocycles. The van der Waals surface area contributed by atoms with Crippen molar-refractivity contribution in [1.82, 2.24) is 5.32 Å². The molecule has 1 N–H and O–H groups in total. The first kappa shape index (κ1) is 16.9. The molecule has 0 heterocycles. The summed E-state index contributed by atoms with van der Waals surface area (Å²) in [5.41, 5.74) is 0. The van der Waals surface area contributed by atoms with Crippen LogP contribution >= 0.6 is 0 Å². The van der Waals surface area contributed by atoms with E-state index in [4.69, 9.17) is 4.74 Å². The van der Waals surface area contributed by atoms with Crippen molar-refractivity contribution in [3.63, 3.8) is 0 Å². The molecule has 0 bridgehead atoms. The van der Waals surface area contributed by atoms with Gasteiger partial charge in [-0.1, -0.05) is 53.4 Å². The Morgan fingerprint density at radius 3 is 2.24 bits per heavy atom. The molecule has 2 nitrogen and oxygen atoms in total. The third-order valence-electron chi connectivity index (χ3n) is 3.21. The summed E-state index contributed by atoms with van der Waals surface area (Å²) >= 11 is 0. The van der Waals surface area contributed by atoms with Gasteiger partial charge in [0.2, 0.25) is 0 Å². The summed E-state index contributed by atoms with van der Waals surface area (Å²) in [5, 5.41) is 3.39. The number of hydrogen-bond donors (Lipinski definition) is 1. The predicted molar refractivity (Wildman–Crippen MR) is 76.5 cm³/mol. The molecule has 0 aliphatic carbocycles. The van der Waals surface area contributed by atoms with Crippen molar-refractivity contribution in [1.29, 1.82) is 0 Å². The summed E-state index contributed by atoms with van der Waals surface area (Å²) in [6.07, 6.45) is 7.29. The Morgan fingerprint density at radius 1 is 1.00 bits per heavy atom. The highest BCUT2D eigenvalue weighted by Crippen LogP contribution is 2.13. The van der Waals surface area contributed by atoms with E-state index in [-0.39, 0.29) is 0 Å². The van der Waals surface area contributed by atoms with E-state index in [0.717, 1.165) is 13.1 Å². The summed E-state index contributed by atoms with van der Waals surface area (Å²) in [5.74, 6) is 0.590. The van der Waals surface area contributed by atoms with Crippen molar-refractivity contribution in [2.24, 2.45) is 5.92 Å². The lowest BCUT2D eigenvalue weighted by atomic mass is 10.1. The largest absolute Gasteiger partial charge is 0.374 e. The predicted octanol–water partition coefficient (Wildman–Crippen LogP) is 4.00. The van der Waals surface area contributed by atoms with Gasteiger partial charge in [-0.2, -0.15) is 0 Å². The zero-order valence-corrected chi connectivity index (χ0v) is 12.6. The maximum atomic E-state index is 6.13. The van der Waals surface area contributed by atoms with Gasteiger partial charge in [0, 0.05) is 6.54 Å². The number of likely N-dealkylation sites (N-methyl/N-ethyl adjacent to an activating group) is 1. The zero-order chi connectivity index (χ0) is 13.1. The second-order valence-corrected chi connectivity index (χ2v) is 5.39. The van der Waals surface area contributed by atoms with Gasteiger partial charge in [-0.25, -0.2) is 0 Å². The highest BCUT2D eigenvalue weighted by atomic mass is 16.5. The van der Waals surface area contributed by atoms with Gasteiger partial charge in [0.15, 0.2) is 0 Å². The van der Waals surface area contributed by atoms with Crippen LogP contribution in [0.15, 0.2) is 0 Å². The Labute approximate surface area is 109 Å². The molecule has 2 heteroatoms. The lowest BCUT2D eigenvalue weighted by Gasteiger charge is -2.26. The van der Waals surface area contributed by atoms with Gasteiger partial charge in [-0.3, -0.25) is 0 Å². The highest BCUT2D eigenvalue weighted by molar-refractivity contribution is 4.67. The number of ether oxygens (including phenoxy) is 1. The molecule has 0 rings (SSSR count). The fourth-order valence-electron chi connectivity index (χ4n) is 1.95. The Morgan fingerprint density at radius 2 is 1.71 bits per heavy atom. The average Bonchev–Trinajstić information content (AvgIpc) is 2.29. The van der Waals surface area contributed by atoms with Crippen LogP contribution in [0.4, 0.5) is 0 Å². The van der Waals surface area contributed by atoms with Crippen LogP contribution in [0, 0.1) is 5.92 Å². The van der Waals surface area contributed by atoms with Crippen molar-refractivity contribution in [3.05, 3.63) is 0 Å². The molecule has 0 aromatic heterocycles. The van der Waals surface area contributed by atoms with Gasteiger partial charge >= 0.3 is 0 Å². The van der Waals surface area contributed by atoms with Gasteiger partial charge in [0.05, 0.1) is 12.2 Å². The van der Waals surface area contributed by atoms with Crippen molar-refractivity contribution in [2.45, 2.75) is 78.9 Å². The molecule has 0 aliphatic rings. The van der Waals surface area contributed by atoms with E-state index in [9.17, 15) is 0 Å². The molecule has 104 valence electrons. The van der Waals surface area contributed by atoms with Crippen LogP contribution in [0.1, 0.15) is 66.7 Å². The van der Waals surface area contributed by atoms with Crippen molar-refractivity contribution in [3.8, 4) is 0 Å². The lowest BCUT2D eigenvalue weighted by Crippen LogP contribution is -2.35. The van der Waals surface area contributed by atoms with Crippen molar-refractivity contribution < 1.29 is 4.74 Å². The van der Waals surface area contributed by atoms with Gasteiger partial charge in [0.1, 0.15) is 0 Å². The molecule has 0 aromatic rings. The standard InChI is InChI=1S/C15H33NO/c1-6-8-9-10-11-14(5)17-15(13(3)4)12-16-7-2/h13-16H,6-12H2,1-5H3. The fraction of sp³-hybridized carbons (Fsp3) is 1.00. The zero-order valence-electron chi connectivity index (χ0n) is 12.6. The minimum Gasteiger partial charge on any atom is -0.374 e. The Kier molecular flexibility index (Phi) is 11.0. The monoisotopic (exact) mass is 243 g/mol. The quantitative estimate of drug-likeness (QED) is 0.554. The van der Waals surface area contributed by atoms with Crippen molar-refractivity contribution >= 4 is 0 Å². The van der Waals surface area contributed by atoms with Crippen molar-refractivity contribution in [2.75, 3.05) is 13.1 Å². The summed E-state index contributed by atoms with van der Waals surface area (Å²) < 4.78 is 6.13.